The Bertz CT molecular complexity index is 1120. The molecule has 1 amide bonds. The minimum absolute atomic E-state index is 0.166. The Kier molecular flexibility index (Phi) is 10.4. The summed E-state index contributed by atoms with van der Waals surface area (Å²) in [6.45, 7) is 7.64. The summed E-state index contributed by atoms with van der Waals surface area (Å²) < 4.78 is 9.82. The number of Topliss-reactive ketones (excluding diaryl/α,β-unsaturated/α-hetero) is 1. The molecule has 2 aromatic rings. The van der Waals surface area contributed by atoms with Crippen molar-refractivity contribution >= 4 is 35.5 Å². The maximum atomic E-state index is 12.9. The van der Waals surface area contributed by atoms with Crippen molar-refractivity contribution in [3.63, 3.8) is 0 Å². The van der Waals surface area contributed by atoms with E-state index in [1.165, 1.54) is 24.3 Å². The van der Waals surface area contributed by atoms with Crippen LogP contribution < -0.4 is 5.63 Å². The van der Waals surface area contributed by atoms with Crippen molar-refractivity contribution < 1.29 is 23.8 Å². The number of nitrogens with zero attached hydrogens (tertiary/aromatic N) is 1. The molecule has 0 aliphatic heterocycles. The molecule has 2 aromatic heterocycles. The van der Waals surface area contributed by atoms with Crippen LogP contribution in [0.5, 0.6) is 5.75 Å². The number of aryl methyl sites for hydroxylation is 2. The molecule has 0 saturated heterocycles. The van der Waals surface area contributed by atoms with Gasteiger partial charge in [-0.15, -0.1) is 11.3 Å². The van der Waals surface area contributed by atoms with Gasteiger partial charge in [-0.25, -0.2) is 9.59 Å². The number of aliphatic imine (C=N–C) groups is 1. The van der Waals surface area contributed by atoms with Gasteiger partial charge in [0.05, 0.1) is 7.11 Å². The Hall–Kier alpha value is -3.00. The monoisotopic (exact) mass is 487 g/mol. The van der Waals surface area contributed by atoms with Crippen LogP contribution in [0, 0.1) is 6.92 Å². The standard InChI is InChI=1S/C26H33NO6S/c1-6-7-11-19-13-17(3)22(34-19)14-18(4)24(29)23-20(28)15-21(33-25(23)30)16(2)10-8-9-12-27-26(31)32-5/h12-16,28H,6-11H2,1-5H3. The van der Waals surface area contributed by atoms with Crippen molar-refractivity contribution in [2.75, 3.05) is 7.11 Å². The van der Waals surface area contributed by atoms with Gasteiger partial charge in [0, 0.05) is 28.0 Å². The Morgan fingerprint density at radius 1 is 1.29 bits per heavy atom. The average Bonchev–Trinajstić information content (AvgIpc) is 3.15. The summed E-state index contributed by atoms with van der Waals surface area (Å²) >= 11 is 1.64. The zero-order chi connectivity index (χ0) is 25.3. The second-order valence-corrected chi connectivity index (χ2v) is 9.50. The Morgan fingerprint density at radius 3 is 2.68 bits per heavy atom. The van der Waals surface area contributed by atoms with Crippen molar-refractivity contribution in [3.8, 4) is 5.75 Å². The number of thiophene rings is 1. The third-order valence-electron chi connectivity index (χ3n) is 5.49. The van der Waals surface area contributed by atoms with Crippen LogP contribution in [0.3, 0.4) is 0 Å². The van der Waals surface area contributed by atoms with Gasteiger partial charge in [-0.1, -0.05) is 20.3 Å². The third kappa shape index (κ3) is 7.52. The molecule has 0 saturated carbocycles. The van der Waals surface area contributed by atoms with Crippen molar-refractivity contribution in [1.82, 2.24) is 0 Å². The number of ketones is 1. The molecular weight excluding hydrogens is 454 g/mol. The first-order valence-corrected chi connectivity index (χ1v) is 12.3. The highest BCUT2D eigenvalue weighted by Crippen LogP contribution is 2.29. The van der Waals surface area contributed by atoms with Crippen molar-refractivity contribution in [2.24, 2.45) is 4.99 Å². The molecule has 7 nitrogen and oxygen atoms in total. The Morgan fingerprint density at radius 2 is 2.03 bits per heavy atom. The molecule has 0 aromatic carbocycles. The first-order valence-electron chi connectivity index (χ1n) is 11.5. The van der Waals surface area contributed by atoms with E-state index in [4.69, 9.17) is 4.42 Å². The molecule has 1 atom stereocenters. The predicted molar refractivity (Wildman–Crippen MR) is 135 cm³/mol. The lowest BCUT2D eigenvalue weighted by molar-refractivity contribution is 0.102. The van der Waals surface area contributed by atoms with Gasteiger partial charge >= 0.3 is 11.7 Å². The molecule has 2 rings (SSSR count). The Balaban J connectivity index is 2.13. The van der Waals surface area contributed by atoms with Crippen LogP contribution in [0.25, 0.3) is 6.08 Å². The van der Waals surface area contributed by atoms with Gasteiger partial charge < -0.3 is 14.3 Å². The summed E-state index contributed by atoms with van der Waals surface area (Å²) in [6.07, 6.45) is 7.71. The second-order valence-electron chi connectivity index (χ2n) is 8.33. The normalized spacial score (nSPS) is 12.8. The van der Waals surface area contributed by atoms with E-state index in [0.717, 1.165) is 29.7 Å². The molecule has 0 fully saturated rings. The quantitative estimate of drug-likeness (QED) is 0.169. The molecule has 0 spiro atoms. The average molecular weight is 488 g/mol. The van der Waals surface area contributed by atoms with E-state index in [9.17, 15) is 19.5 Å². The van der Waals surface area contributed by atoms with Crippen molar-refractivity contribution in [1.29, 1.82) is 0 Å². The van der Waals surface area contributed by atoms with Gasteiger partial charge in [0.15, 0.2) is 5.78 Å². The first kappa shape index (κ1) is 27.2. The number of carbonyl (C=O) groups excluding carboxylic acids is 2. The number of rotatable bonds is 11. The highest BCUT2D eigenvalue weighted by Gasteiger charge is 2.22. The van der Waals surface area contributed by atoms with Gasteiger partial charge in [0.25, 0.3) is 0 Å². The van der Waals surface area contributed by atoms with E-state index in [1.807, 2.05) is 13.8 Å². The van der Waals surface area contributed by atoms with Gasteiger partial charge in [0.2, 0.25) is 0 Å². The van der Waals surface area contributed by atoms with Crippen LogP contribution in [-0.2, 0) is 11.2 Å². The van der Waals surface area contributed by atoms with E-state index < -0.39 is 17.5 Å². The van der Waals surface area contributed by atoms with Crippen LogP contribution in [0.4, 0.5) is 4.79 Å². The zero-order valence-corrected chi connectivity index (χ0v) is 21.3. The summed E-state index contributed by atoms with van der Waals surface area (Å²) in [5.41, 5.74) is 0.245. The lowest BCUT2D eigenvalue weighted by Crippen LogP contribution is -2.16. The highest BCUT2D eigenvalue weighted by atomic mass is 32.1. The van der Waals surface area contributed by atoms with Gasteiger partial charge in [-0.3, -0.25) is 4.79 Å². The number of carbonyl (C=O) groups is 2. The molecule has 0 aliphatic rings. The molecule has 34 heavy (non-hydrogen) atoms. The second kappa shape index (κ2) is 13.0. The molecule has 184 valence electrons. The lowest BCUT2D eigenvalue weighted by Gasteiger charge is -2.11. The van der Waals surface area contributed by atoms with E-state index in [-0.39, 0.29) is 17.2 Å². The van der Waals surface area contributed by atoms with Gasteiger partial charge in [-0.05, 0) is 69.2 Å². The minimum atomic E-state index is -0.849. The predicted octanol–water partition coefficient (Wildman–Crippen LogP) is 6.46. The highest BCUT2D eigenvalue weighted by molar-refractivity contribution is 7.13. The van der Waals surface area contributed by atoms with Crippen molar-refractivity contribution in [3.05, 3.63) is 54.8 Å². The number of ether oxygens (including phenoxy) is 1. The summed E-state index contributed by atoms with van der Waals surface area (Å²) in [5.74, 6) is -0.788. The van der Waals surface area contributed by atoms with E-state index in [0.29, 0.717) is 30.6 Å². The van der Waals surface area contributed by atoms with Crippen LogP contribution in [0.2, 0.25) is 0 Å². The summed E-state index contributed by atoms with van der Waals surface area (Å²) in [5, 5.41) is 10.5. The number of hydrogen-bond acceptors (Lipinski definition) is 7. The fourth-order valence-electron chi connectivity index (χ4n) is 3.44. The smallest absolute Gasteiger partial charge is 0.432 e. The number of allylic oxidation sites excluding steroid dienone is 1. The Labute approximate surface area is 204 Å². The summed E-state index contributed by atoms with van der Waals surface area (Å²) in [7, 11) is 1.26. The largest absolute Gasteiger partial charge is 0.507 e. The molecule has 8 heteroatoms. The van der Waals surface area contributed by atoms with Crippen LogP contribution in [0.1, 0.15) is 90.2 Å². The molecular formula is C26H33NO6S. The molecule has 2 heterocycles. The minimum Gasteiger partial charge on any atom is -0.507 e. The summed E-state index contributed by atoms with van der Waals surface area (Å²) in [6, 6.07) is 3.47. The van der Waals surface area contributed by atoms with Gasteiger partial charge in [0.1, 0.15) is 17.1 Å². The SMILES string of the molecule is CCCCc1cc(C)c(C=C(C)C(=O)c2c(O)cc(C(C)CCCC=NC(=O)OC)oc2=O)s1. The van der Waals surface area contributed by atoms with E-state index >= 15 is 0 Å². The van der Waals surface area contributed by atoms with Crippen molar-refractivity contribution in [2.45, 2.75) is 72.1 Å². The number of amides is 1. The van der Waals surface area contributed by atoms with E-state index in [2.05, 4.69) is 22.7 Å². The third-order valence-corrected chi connectivity index (χ3v) is 6.74. The number of methoxy groups -OCH3 is 1. The number of unbranched alkanes of at least 4 members (excludes halogenated alkanes) is 2. The molecule has 1 N–H and O–H groups in total. The fourth-order valence-corrected chi connectivity index (χ4v) is 4.66. The summed E-state index contributed by atoms with van der Waals surface area (Å²) in [4.78, 5) is 42.3. The first-order chi connectivity index (χ1) is 16.2. The lowest BCUT2D eigenvalue weighted by atomic mass is 9.99. The maximum Gasteiger partial charge on any atom is 0.432 e. The fraction of sp³-hybridized carbons (Fsp3) is 0.462. The number of hydrogen-bond donors (Lipinski definition) is 1. The zero-order valence-electron chi connectivity index (χ0n) is 20.5. The van der Waals surface area contributed by atoms with Crippen LogP contribution in [0.15, 0.2) is 31.9 Å². The van der Waals surface area contributed by atoms with Crippen LogP contribution >= 0.6 is 11.3 Å². The molecule has 1 unspecified atom stereocenters. The van der Waals surface area contributed by atoms with Crippen LogP contribution in [-0.4, -0.2) is 30.3 Å². The molecule has 0 aliphatic carbocycles. The van der Waals surface area contributed by atoms with E-state index in [1.54, 1.807) is 24.3 Å². The maximum absolute atomic E-state index is 12.9. The topological polar surface area (TPSA) is 106 Å². The van der Waals surface area contributed by atoms with Gasteiger partial charge in [-0.2, -0.15) is 4.99 Å². The number of aromatic hydroxyl groups is 1. The molecule has 0 bridgehead atoms. The molecule has 0 radical (unpaired) electrons.